The van der Waals surface area contributed by atoms with Crippen molar-refractivity contribution in [2.45, 2.75) is 0 Å². The zero-order chi connectivity index (χ0) is 20.4. The van der Waals surface area contributed by atoms with Gasteiger partial charge in [-0.25, -0.2) is 8.78 Å². The van der Waals surface area contributed by atoms with Gasteiger partial charge >= 0.3 is 0 Å². The molecular formula is C19H10ClF2N7O. The van der Waals surface area contributed by atoms with Crippen LogP contribution in [0.2, 0.25) is 0 Å². The predicted molar refractivity (Wildman–Crippen MR) is 103 cm³/mol. The van der Waals surface area contributed by atoms with Gasteiger partial charge in [-0.3, -0.25) is 8.99 Å². The number of hydrogen-bond donors (Lipinski definition) is 0. The quantitative estimate of drug-likeness (QED) is 0.450. The van der Waals surface area contributed by atoms with E-state index in [4.69, 9.17) is 16.3 Å². The number of aromatic nitrogens is 5. The van der Waals surface area contributed by atoms with Crippen LogP contribution in [0.4, 0.5) is 14.5 Å². The Morgan fingerprint density at radius 1 is 1.00 bits per heavy atom. The molecule has 30 heavy (non-hydrogen) atoms. The third kappa shape index (κ3) is 2.37. The average molecular weight is 426 g/mol. The van der Waals surface area contributed by atoms with Crippen molar-refractivity contribution >= 4 is 23.3 Å². The Hall–Kier alpha value is -3.79. The Bertz CT molecular complexity index is 1350. The summed E-state index contributed by atoms with van der Waals surface area (Å²) in [4.78, 5) is 6.25. The zero-order valence-corrected chi connectivity index (χ0v) is 15.8. The SMILES string of the molecule is Fc1ccc(-c2noc(-c3nnc4n3C3=CN(Cl)CN3c3ccccc3-4)n2)c(F)c1. The summed E-state index contributed by atoms with van der Waals surface area (Å²) in [5.41, 5.74) is 1.83. The van der Waals surface area contributed by atoms with Gasteiger partial charge < -0.3 is 9.42 Å². The standard InChI is InChI=1S/C19H10ClF2N7O/c20-27-8-15-28(9-27)14-4-2-1-3-12(14)17-24-25-18(29(15)17)19-23-16(26-30-19)11-6-5-10(21)7-13(11)22/h1-8H,9H2. The summed E-state index contributed by atoms with van der Waals surface area (Å²) < 4.78 is 35.9. The summed E-state index contributed by atoms with van der Waals surface area (Å²) in [5.74, 6) is 0.122. The summed E-state index contributed by atoms with van der Waals surface area (Å²) in [7, 11) is 0. The van der Waals surface area contributed by atoms with E-state index in [9.17, 15) is 8.78 Å². The Balaban J connectivity index is 1.51. The summed E-state index contributed by atoms with van der Waals surface area (Å²) in [5, 5.41) is 12.4. The first-order valence-corrected chi connectivity index (χ1v) is 9.20. The Labute approximate surface area is 172 Å². The van der Waals surface area contributed by atoms with Crippen molar-refractivity contribution in [2.24, 2.45) is 0 Å². The van der Waals surface area contributed by atoms with Gasteiger partial charge in [0.15, 0.2) is 5.82 Å². The van der Waals surface area contributed by atoms with E-state index in [1.807, 2.05) is 29.2 Å². The van der Waals surface area contributed by atoms with E-state index >= 15 is 0 Å². The third-order valence-corrected chi connectivity index (χ3v) is 5.13. The molecule has 0 saturated carbocycles. The largest absolute Gasteiger partial charge is 0.330 e. The molecule has 2 aliphatic rings. The highest BCUT2D eigenvalue weighted by Crippen LogP contribution is 2.43. The maximum absolute atomic E-state index is 14.1. The molecular weight excluding hydrogens is 416 g/mol. The zero-order valence-electron chi connectivity index (χ0n) is 15.0. The molecule has 0 fully saturated rings. The molecule has 0 aliphatic carbocycles. The molecule has 11 heteroatoms. The first kappa shape index (κ1) is 17.1. The fraction of sp³-hybridized carbons (Fsp3) is 0.0526. The van der Waals surface area contributed by atoms with Gasteiger partial charge in [-0.15, -0.1) is 10.2 Å². The van der Waals surface area contributed by atoms with Gasteiger partial charge in [0.05, 0.1) is 17.5 Å². The molecule has 148 valence electrons. The van der Waals surface area contributed by atoms with Gasteiger partial charge in [-0.2, -0.15) is 4.98 Å². The lowest BCUT2D eigenvalue weighted by atomic mass is 10.1. The van der Waals surface area contributed by atoms with Crippen molar-refractivity contribution in [3.63, 3.8) is 0 Å². The van der Waals surface area contributed by atoms with Crippen LogP contribution >= 0.6 is 11.8 Å². The van der Waals surface area contributed by atoms with E-state index in [1.165, 1.54) is 10.5 Å². The van der Waals surface area contributed by atoms with Crippen molar-refractivity contribution in [3.8, 4) is 34.5 Å². The number of nitrogens with zero attached hydrogens (tertiary/aromatic N) is 7. The van der Waals surface area contributed by atoms with Crippen molar-refractivity contribution in [1.82, 2.24) is 29.3 Å². The van der Waals surface area contributed by atoms with E-state index in [2.05, 4.69) is 20.3 Å². The van der Waals surface area contributed by atoms with Crippen molar-refractivity contribution in [2.75, 3.05) is 11.6 Å². The lowest BCUT2D eigenvalue weighted by Crippen LogP contribution is -2.28. The summed E-state index contributed by atoms with van der Waals surface area (Å²) in [6.45, 7) is 0.431. The first-order chi connectivity index (χ1) is 14.6. The molecule has 2 aromatic carbocycles. The Morgan fingerprint density at radius 3 is 2.70 bits per heavy atom. The molecule has 4 heterocycles. The summed E-state index contributed by atoms with van der Waals surface area (Å²) >= 11 is 6.24. The molecule has 0 N–H and O–H groups in total. The van der Waals surface area contributed by atoms with E-state index in [1.54, 1.807) is 10.8 Å². The highest BCUT2D eigenvalue weighted by molar-refractivity contribution is 6.15. The monoisotopic (exact) mass is 425 g/mol. The fourth-order valence-corrected chi connectivity index (χ4v) is 3.82. The second kappa shape index (κ2) is 6.10. The molecule has 2 aromatic heterocycles. The third-order valence-electron chi connectivity index (χ3n) is 4.93. The molecule has 0 bridgehead atoms. The lowest BCUT2D eigenvalue weighted by molar-refractivity contribution is 0.428. The predicted octanol–water partition coefficient (Wildman–Crippen LogP) is 3.94. The van der Waals surface area contributed by atoms with Gasteiger partial charge in [0.1, 0.15) is 24.1 Å². The molecule has 0 spiro atoms. The Kier molecular flexibility index (Phi) is 3.48. The molecule has 0 atom stereocenters. The second-order valence-corrected chi connectivity index (χ2v) is 7.14. The van der Waals surface area contributed by atoms with Crippen LogP contribution in [0.3, 0.4) is 0 Å². The summed E-state index contributed by atoms with van der Waals surface area (Å²) in [6.07, 6.45) is 1.74. The van der Waals surface area contributed by atoms with Gasteiger partial charge in [0.2, 0.25) is 11.6 Å². The highest BCUT2D eigenvalue weighted by Gasteiger charge is 2.36. The molecule has 2 aliphatic heterocycles. The molecule has 0 unspecified atom stereocenters. The smallest absolute Gasteiger partial charge is 0.296 e. The minimum atomic E-state index is -0.790. The maximum Gasteiger partial charge on any atom is 0.296 e. The lowest BCUT2D eigenvalue weighted by Gasteiger charge is -2.29. The molecule has 4 aromatic rings. The number of fused-ring (bicyclic) bond motifs is 6. The maximum atomic E-state index is 14.1. The minimum absolute atomic E-state index is 0.0174. The average Bonchev–Trinajstić information content (AvgIpc) is 3.45. The van der Waals surface area contributed by atoms with Crippen LogP contribution in [0.25, 0.3) is 40.3 Å². The number of hydrogen-bond acceptors (Lipinski definition) is 7. The number of para-hydroxylation sites is 1. The fourth-order valence-electron chi connectivity index (χ4n) is 3.63. The van der Waals surface area contributed by atoms with Crippen LogP contribution in [-0.2, 0) is 0 Å². The van der Waals surface area contributed by atoms with Gasteiger partial charge in [-0.1, -0.05) is 17.3 Å². The Morgan fingerprint density at radius 2 is 1.83 bits per heavy atom. The van der Waals surface area contributed by atoms with Crippen LogP contribution < -0.4 is 4.90 Å². The van der Waals surface area contributed by atoms with Crippen LogP contribution in [-0.4, -0.2) is 36.0 Å². The van der Waals surface area contributed by atoms with Crippen LogP contribution in [0.15, 0.2) is 53.2 Å². The van der Waals surface area contributed by atoms with E-state index in [0.717, 1.165) is 23.4 Å². The van der Waals surface area contributed by atoms with Crippen molar-refractivity contribution < 1.29 is 13.3 Å². The molecule has 0 saturated heterocycles. The normalized spacial score (nSPS) is 14.4. The molecule has 0 amide bonds. The topological polar surface area (TPSA) is 76.1 Å². The molecule has 0 radical (unpaired) electrons. The number of halogens is 3. The second-order valence-electron chi connectivity index (χ2n) is 6.70. The number of anilines is 1. The molecule has 6 rings (SSSR count). The van der Waals surface area contributed by atoms with Crippen LogP contribution in [0.1, 0.15) is 0 Å². The minimum Gasteiger partial charge on any atom is -0.330 e. The van der Waals surface area contributed by atoms with E-state index in [0.29, 0.717) is 18.3 Å². The van der Waals surface area contributed by atoms with Crippen LogP contribution in [0, 0.1) is 11.6 Å². The van der Waals surface area contributed by atoms with Gasteiger partial charge in [0, 0.05) is 23.4 Å². The number of rotatable bonds is 2. The van der Waals surface area contributed by atoms with Gasteiger partial charge in [0.25, 0.3) is 5.89 Å². The molecule has 8 nitrogen and oxygen atoms in total. The van der Waals surface area contributed by atoms with Crippen molar-refractivity contribution in [1.29, 1.82) is 0 Å². The number of benzene rings is 2. The van der Waals surface area contributed by atoms with E-state index in [-0.39, 0.29) is 23.1 Å². The van der Waals surface area contributed by atoms with Gasteiger partial charge in [-0.05, 0) is 24.3 Å². The van der Waals surface area contributed by atoms with Crippen LogP contribution in [0.5, 0.6) is 0 Å². The first-order valence-electron chi connectivity index (χ1n) is 8.86. The summed E-state index contributed by atoms with van der Waals surface area (Å²) in [6, 6.07) is 10.9. The van der Waals surface area contributed by atoms with E-state index < -0.39 is 11.6 Å². The van der Waals surface area contributed by atoms with Crippen molar-refractivity contribution in [3.05, 3.63) is 60.3 Å². The highest BCUT2D eigenvalue weighted by atomic mass is 35.5.